The molecule has 25 heavy (non-hydrogen) atoms. The lowest BCUT2D eigenvalue weighted by Crippen LogP contribution is -2.35. The lowest BCUT2D eigenvalue weighted by molar-refractivity contribution is 0.0693. The minimum atomic E-state index is -1.04. The summed E-state index contributed by atoms with van der Waals surface area (Å²) in [7, 11) is 1.59. The van der Waals surface area contributed by atoms with E-state index < -0.39 is 5.97 Å². The van der Waals surface area contributed by atoms with Gasteiger partial charge < -0.3 is 14.7 Å². The number of aromatic carboxylic acids is 1. The van der Waals surface area contributed by atoms with Crippen LogP contribution in [0.5, 0.6) is 0 Å². The number of carboxylic acid groups (broad SMARTS) is 1. The fourth-order valence-electron chi connectivity index (χ4n) is 2.60. The summed E-state index contributed by atoms with van der Waals surface area (Å²) in [5, 5.41) is 9.09. The minimum Gasteiger partial charge on any atom is -0.478 e. The molecule has 0 fully saturated rings. The highest BCUT2D eigenvalue weighted by Gasteiger charge is 2.16. The second kappa shape index (κ2) is 9.59. The summed E-state index contributed by atoms with van der Waals surface area (Å²) in [6.45, 7) is 1.51. The van der Waals surface area contributed by atoms with E-state index in [9.17, 15) is 9.59 Å². The molecular weight excluding hydrogens is 318 g/mol. The third-order valence-electron chi connectivity index (χ3n) is 3.95. The number of carbonyl (C=O) groups is 2. The van der Waals surface area contributed by atoms with Gasteiger partial charge in [0, 0.05) is 25.8 Å². The van der Waals surface area contributed by atoms with Crippen molar-refractivity contribution in [1.82, 2.24) is 4.90 Å². The highest BCUT2D eigenvalue weighted by atomic mass is 16.5. The van der Waals surface area contributed by atoms with Crippen LogP contribution in [0.1, 0.15) is 32.7 Å². The standard InChI is InChI=1S/C20H23NO4/c1-25-14-13-21(12-6-9-16-7-3-2-4-8-16)19(22)17-10-5-11-18(15-17)20(23)24/h2-5,7-8,10-11,15H,6,9,12-14H2,1H3,(H,23,24). The van der Waals surface area contributed by atoms with E-state index >= 15 is 0 Å². The second-order valence-electron chi connectivity index (χ2n) is 5.76. The van der Waals surface area contributed by atoms with Crippen molar-refractivity contribution in [3.63, 3.8) is 0 Å². The van der Waals surface area contributed by atoms with Gasteiger partial charge in [0.05, 0.1) is 12.2 Å². The molecule has 132 valence electrons. The summed E-state index contributed by atoms with van der Waals surface area (Å²) in [6.07, 6.45) is 1.71. The smallest absolute Gasteiger partial charge is 0.335 e. The Balaban J connectivity index is 2.03. The van der Waals surface area contributed by atoms with E-state index in [0.29, 0.717) is 25.3 Å². The third-order valence-corrected chi connectivity index (χ3v) is 3.95. The van der Waals surface area contributed by atoms with Crippen LogP contribution in [0.4, 0.5) is 0 Å². The normalized spacial score (nSPS) is 10.4. The number of benzene rings is 2. The average Bonchev–Trinajstić information content (AvgIpc) is 2.65. The molecule has 2 rings (SSSR count). The number of hydrogen-bond donors (Lipinski definition) is 1. The van der Waals surface area contributed by atoms with Crippen molar-refractivity contribution >= 4 is 11.9 Å². The molecule has 0 bridgehead atoms. The van der Waals surface area contributed by atoms with Crippen molar-refractivity contribution < 1.29 is 19.4 Å². The lowest BCUT2D eigenvalue weighted by atomic mass is 10.1. The molecular formula is C20H23NO4. The SMILES string of the molecule is COCCN(CCCc1ccccc1)C(=O)c1cccc(C(=O)O)c1. The molecule has 1 N–H and O–H groups in total. The zero-order valence-corrected chi connectivity index (χ0v) is 14.4. The Morgan fingerprint density at radius 3 is 2.40 bits per heavy atom. The molecule has 0 radical (unpaired) electrons. The van der Waals surface area contributed by atoms with Crippen LogP contribution in [0.2, 0.25) is 0 Å². The van der Waals surface area contributed by atoms with Crippen LogP contribution in [0, 0.1) is 0 Å². The largest absolute Gasteiger partial charge is 0.478 e. The average molecular weight is 341 g/mol. The molecule has 0 aliphatic rings. The highest BCUT2D eigenvalue weighted by molar-refractivity contribution is 5.97. The van der Waals surface area contributed by atoms with Crippen molar-refractivity contribution in [2.75, 3.05) is 26.8 Å². The fraction of sp³-hybridized carbons (Fsp3) is 0.300. The Kier molecular flexibility index (Phi) is 7.16. The van der Waals surface area contributed by atoms with Gasteiger partial charge in [-0.3, -0.25) is 4.79 Å². The first-order valence-corrected chi connectivity index (χ1v) is 8.27. The quantitative estimate of drug-likeness (QED) is 0.761. The van der Waals surface area contributed by atoms with Gasteiger partial charge in [-0.15, -0.1) is 0 Å². The molecule has 0 unspecified atom stereocenters. The molecule has 0 aliphatic carbocycles. The van der Waals surface area contributed by atoms with Crippen molar-refractivity contribution in [3.05, 3.63) is 71.3 Å². The first kappa shape index (κ1) is 18.7. The van der Waals surface area contributed by atoms with Crippen LogP contribution < -0.4 is 0 Å². The Hall–Kier alpha value is -2.66. The summed E-state index contributed by atoms with van der Waals surface area (Å²) in [5.41, 5.74) is 1.73. The Bertz CT molecular complexity index is 700. The number of aryl methyl sites for hydroxylation is 1. The molecule has 0 saturated carbocycles. The first-order chi connectivity index (χ1) is 12.1. The van der Waals surface area contributed by atoms with Gasteiger partial charge in [0.2, 0.25) is 0 Å². The predicted octanol–water partition coefficient (Wildman–Crippen LogP) is 3.11. The van der Waals surface area contributed by atoms with Crippen LogP contribution in [0.25, 0.3) is 0 Å². The Labute approximate surface area is 147 Å². The number of methoxy groups -OCH3 is 1. The van der Waals surface area contributed by atoms with Crippen molar-refractivity contribution in [2.24, 2.45) is 0 Å². The maximum absolute atomic E-state index is 12.7. The van der Waals surface area contributed by atoms with Gasteiger partial charge in [-0.1, -0.05) is 36.4 Å². The number of amides is 1. The zero-order valence-electron chi connectivity index (χ0n) is 14.4. The fourth-order valence-corrected chi connectivity index (χ4v) is 2.60. The molecule has 0 heterocycles. The molecule has 5 heteroatoms. The Morgan fingerprint density at radius 2 is 1.72 bits per heavy atom. The number of rotatable bonds is 9. The molecule has 0 saturated heterocycles. The van der Waals surface area contributed by atoms with E-state index in [2.05, 4.69) is 12.1 Å². The van der Waals surface area contributed by atoms with Crippen LogP contribution >= 0.6 is 0 Å². The number of carbonyl (C=O) groups excluding carboxylic acids is 1. The molecule has 0 spiro atoms. The van der Waals surface area contributed by atoms with E-state index in [1.54, 1.807) is 24.1 Å². The maximum atomic E-state index is 12.7. The number of nitrogens with zero attached hydrogens (tertiary/aromatic N) is 1. The number of carboxylic acids is 1. The van der Waals surface area contributed by atoms with Gasteiger partial charge in [0.15, 0.2) is 0 Å². The summed E-state index contributed by atoms with van der Waals surface area (Å²) < 4.78 is 5.10. The van der Waals surface area contributed by atoms with Crippen molar-refractivity contribution in [2.45, 2.75) is 12.8 Å². The van der Waals surface area contributed by atoms with Gasteiger partial charge >= 0.3 is 5.97 Å². The van der Waals surface area contributed by atoms with Gasteiger partial charge in [-0.2, -0.15) is 0 Å². The van der Waals surface area contributed by atoms with E-state index in [1.165, 1.54) is 17.7 Å². The van der Waals surface area contributed by atoms with E-state index in [0.717, 1.165) is 12.8 Å². The molecule has 1 amide bonds. The van der Waals surface area contributed by atoms with Crippen LogP contribution in [0.3, 0.4) is 0 Å². The third kappa shape index (κ3) is 5.72. The molecule has 0 aromatic heterocycles. The monoisotopic (exact) mass is 341 g/mol. The second-order valence-corrected chi connectivity index (χ2v) is 5.76. The molecule has 0 atom stereocenters. The Morgan fingerprint density at radius 1 is 1.00 bits per heavy atom. The van der Waals surface area contributed by atoms with Crippen LogP contribution in [-0.2, 0) is 11.2 Å². The zero-order chi connectivity index (χ0) is 18.1. The first-order valence-electron chi connectivity index (χ1n) is 8.27. The lowest BCUT2D eigenvalue weighted by Gasteiger charge is -2.22. The van der Waals surface area contributed by atoms with Gasteiger partial charge in [-0.25, -0.2) is 4.79 Å². The van der Waals surface area contributed by atoms with Gasteiger partial charge in [0.25, 0.3) is 5.91 Å². The topological polar surface area (TPSA) is 66.8 Å². The number of hydrogen-bond acceptors (Lipinski definition) is 3. The van der Waals surface area contributed by atoms with E-state index in [4.69, 9.17) is 9.84 Å². The summed E-state index contributed by atoms with van der Waals surface area (Å²) in [6, 6.07) is 16.3. The van der Waals surface area contributed by atoms with Crippen molar-refractivity contribution in [3.8, 4) is 0 Å². The maximum Gasteiger partial charge on any atom is 0.335 e. The van der Waals surface area contributed by atoms with Gasteiger partial charge in [0.1, 0.15) is 0 Å². The molecule has 2 aromatic carbocycles. The van der Waals surface area contributed by atoms with Crippen molar-refractivity contribution in [1.29, 1.82) is 0 Å². The van der Waals surface area contributed by atoms with E-state index in [-0.39, 0.29) is 11.5 Å². The van der Waals surface area contributed by atoms with Crippen LogP contribution in [0.15, 0.2) is 54.6 Å². The molecule has 5 nitrogen and oxygen atoms in total. The molecule has 2 aromatic rings. The minimum absolute atomic E-state index is 0.113. The number of ether oxygens (including phenoxy) is 1. The predicted molar refractivity (Wildman–Crippen MR) is 95.9 cm³/mol. The summed E-state index contributed by atoms with van der Waals surface area (Å²) in [4.78, 5) is 25.6. The highest BCUT2D eigenvalue weighted by Crippen LogP contribution is 2.11. The molecule has 0 aliphatic heterocycles. The van der Waals surface area contributed by atoms with E-state index in [1.807, 2.05) is 18.2 Å². The van der Waals surface area contributed by atoms with Crippen LogP contribution in [-0.4, -0.2) is 48.7 Å². The van der Waals surface area contributed by atoms with Gasteiger partial charge in [-0.05, 0) is 36.6 Å². The summed E-state index contributed by atoms with van der Waals surface area (Å²) >= 11 is 0. The summed E-state index contributed by atoms with van der Waals surface area (Å²) in [5.74, 6) is -1.21.